The van der Waals surface area contributed by atoms with Gasteiger partial charge in [0.25, 0.3) is 0 Å². The van der Waals surface area contributed by atoms with E-state index in [0.29, 0.717) is 0 Å². The number of hydrogen-bond donors (Lipinski definition) is 3. The number of amides is 1. The fourth-order valence-corrected chi connectivity index (χ4v) is 3.10. The van der Waals surface area contributed by atoms with Crippen LogP contribution in [0.4, 0.5) is 0 Å². The van der Waals surface area contributed by atoms with Crippen LogP contribution < -0.4 is 5.14 Å². The minimum absolute atomic E-state index is 0.0498. The molecule has 9 nitrogen and oxygen atoms in total. The van der Waals surface area contributed by atoms with Crippen LogP contribution in [0, 0.1) is 5.92 Å². The summed E-state index contributed by atoms with van der Waals surface area (Å²) in [6.07, 6.45) is -0.716. The van der Waals surface area contributed by atoms with E-state index in [1.807, 2.05) is 0 Å². The van der Waals surface area contributed by atoms with Gasteiger partial charge < -0.3 is 15.1 Å². The molecule has 1 fully saturated rings. The zero-order valence-corrected chi connectivity index (χ0v) is 11.4. The highest BCUT2D eigenvalue weighted by Crippen LogP contribution is 2.23. The molecule has 0 aromatic carbocycles. The summed E-state index contributed by atoms with van der Waals surface area (Å²) in [5, 5.41) is 22.5. The second-order valence-corrected chi connectivity index (χ2v) is 6.39. The standard InChI is InChI=1S/C10H16N2O7S/c11-20(18,19)5-6-3-8(13)12(4-6)7(10(16)17)1-2-9(14)15/h6-7H,1-5H2,(H,14,15)(H,16,17)(H2,11,18,19). The summed E-state index contributed by atoms with van der Waals surface area (Å²) in [4.78, 5) is 34.3. The van der Waals surface area contributed by atoms with Gasteiger partial charge in [-0.1, -0.05) is 0 Å². The molecule has 114 valence electrons. The number of carbonyl (C=O) groups excluding carboxylic acids is 1. The Labute approximate surface area is 115 Å². The number of nitrogens with zero attached hydrogens (tertiary/aromatic N) is 1. The lowest BCUT2D eigenvalue weighted by Crippen LogP contribution is -2.42. The number of sulfonamides is 1. The number of nitrogens with two attached hydrogens (primary N) is 1. The first kappa shape index (κ1) is 16.4. The molecule has 2 unspecified atom stereocenters. The van der Waals surface area contributed by atoms with E-state index in [4.69, 9.17) is 15.4 Å². The molecule has 0 saturated carbocycles. The highest BCUT2D eigenvalue weighted by Gasteiger charge is 2.38. The van der Waals surface area contributed by atoms with Crippen LogP contribution >= 0.6 is 0 Å². The van der Waals surface area contributed by atoms with Crippen molar-refractivity contribution >= 4 is 27.9 Å². The minimum atomic E-state index is -3.75. The van der Waals surface area contributed by atoms with Gasteiger partial charge in [0.2, 0.25) is 15.9 Å². The number of hydrogen-bond acceptors (Lipinski definition) is 5. The Morgan fingerprint density at radius 3 is 2.45 bits per heavy atom. The van der Waals surface area contributed by atoms with Crippen molar-refractivity contribution in [3.05, 3.63) is 0 Å². The molecule has 1 heterocycles. The molecule has 2 atom stereocenters. The smallest absolute Gasteiger partial charge is 0.326 e. The lowest BCUT2D eigenvalue weighted by atomic mass is 10.1. The van der Waals surface area contributed by atoms with Crippen LogP contribution in [0.2, 0.25) is 0 Å². The second-order valence-electron chi connectivity index (χ2n) is 4.73. The molecule has 1 saturated heterocycles. The summed E-state index contributed by atoms with van der Waals surface area (Å²) < 4.78 is 21.9. The van der Waals surface area contributed by atoms with Gasteiger partial charge in [0.15, 0.2) is 0 Å². The van der Waals surface area contributed by atoms with Crippen molar-refractivity contribution in [3.63, 3.8) is 0 Å². The molecule has 1 aliphatic heterocycles. The van der Waals surface area contributed by atoms with Gasteiger partial charge in [-0.15, -0.1) is 0 Å². The normalized spacial score (nSPS) is 20.9. The average Bonchev–Trinajstić information content (AvgIpc) is 2.56. The third-order valence-electron chi connectivity index (χ3n) is 3.00. The van der Waals surface area contributed by atoms with E-state index in [1.54, 1.807) is 0 Å². The molecule has 1 aliphatic rings. The molecule has 1 rings (SSSR count). The van der Waals surface area contributed by atoms with Crippen LogP contribution in [-0.4, -0.2) is 59.7 Å². The zero-order chi connectivity index (χ0) is 15.5. The molecule has 4 N–H and O–H groups in total. The molecule has 0 aromatic rings. The van der Waals surface area contributed by atoms with E-state index in [-0.39, 0.29) is 25.8 Å². The van der Waals surface area contributed by atoms with Crippen molar-refractivity contribution in [2.45, 2.75) is 25.3 Å². The van der Waals surface area contributed by atoms with Gasteiger partial charge in [0.1, 0.15) is 6.04 Å². The fourth-order valence-electron chi connectivity index (χ4n) is 2.22. The van der Waals surface area contributed by atoms with Crippen molar-refractivity contribution in [1.29, 1.82) is 0 Å². The summed E-state index contributed by atoms with van der Waals surface area (Å²) >= 11 is 0. The van der Waals surface area contributed by atoms with Crippen molar-refractivity contribution in [3.8, 4) is 0 Å². The Balaban J connectivity index is 2.75. The number of primary sulfonamides is 1. The molecule has 1 amide bonds. The number of carboxylic acids is 2. The van der Waals surface area contributed by atoms with Crippen LogP contribution in [0.1, 0.15) is 19.3 Å². The topological polar surface area (TPSA) is 155 Å². The van der Waals surface area contributed by atoms with Gasteiger partial charge in [-0.3, -0.25) is 9.59 Å². The van der Waals surface area contributed by atoms with Crippen LogP contribution in [0.25, 0.3) is 0 Å². The van der Waals surface area contributed by atoms with Gasteiger partial charge >= 0.3 is 11.9 Å². The van der Waals surface area contributed by atoms with Gasteiger partial charge in [0, 0.05) is 25.3 Å². The Morgan fingerprint density at radius 1 is 1.40 bits per heavy atom. The molecule has 20 heavy (non-hydrogen) atoms. The van der Waals surface area contributed by atoms with Crippen LogP contribution in [0.15, 0.2) is 0 Å². The molecule has 0 spiro atoms. The minimum Gasteiger partial charge on any atom is -0.481 e. The molecule has 0 bridgehead atoms. The number of aliphatic carboxylic acids is 2. The summed E-state index contributed by atoms with van der Waals surface area (Å²) in [6, 6.07) is -1.26. The van der Waals surface area contributed by atoms with Crippen molar-refractivity contribution in [2.24, 2.45) is 11.1 Å². The Hall–Kier alpha value is -1.68. The van der Waals surface area contributed by atoms with Gasteiger partial charge in [-0.2, -0.15) is 0 Å². The number of carbonyl (C=O) groups is 3. The predicted octanol–water partition coefficient (Wildman–Crippen LogP) is -1.56. The summed E-state index contributed by atoms with van der Waals surface area (Å²) in [5.74, 6) is -3.94. The molecule has 0 aliphatic carbocycles. The maximum absolute atomic E-state index is 11.7. The molecular formula is C10H16N2O7S. The van der Waals surface area contributed by atoms with Gasteiger partial charge in [-0.25, -0.2) is 18.4 Å². The maximum atomic E-state index is 11.7. The quantitative estimate of drug-likeness (QED) is 0.513. The third-order valence-corrected chi connectivity index (χ3v) is 3.94. The van der Waals surface area contributed by atoms with Crippen LogP contribution in [0.5, 0.6) is 0 Å². The number of likely N-dealkylation sites (tertiary alicyclic amines) is 1. The van der Waals surface area contributed by atoms with E-state index in [0.717, 1.165) is 4.90 Å². The first-order chi connectivity index (χ1) is 9.10. The monoisotopic (exact) mass is 308 g/mol. The van der Waals surface area contributed by atoms with E-state index >= 15 is 0 Å². The van der Waals surface area contributed by atoms with Crippen molar-refractivity contribution < 1.29 is 33.0 Å². The Kier molecular flexibility index (Phi) is 5.06. The largest absolute Gasteiger partial charge is 0.481 e. The third kappa shape index (κ3) is 4.78. The average molecular weight is 308 g/mol. The van der Waals surface area contributed by atoms with Gasteiger partial charge in [-0.05, 0) is 6.42 Å². The Morgan fingerprint density at radius 2 is 2.00 bits per heavy atom. The molecular weight excluding hydrogens is 292 g/mol. The number of carboxylic acid groups (broad SMARTS) is 2. The van der Waals surface area contributed by atoms with Crippen molar-refractivity contribution in [2.75, 3.05) is 12.3 Å². The van der Waals surface area contributed by atoms with E-state index in [2.05, 4.69) is 0 Å². The van der Waals surface area contributed by atoms with Crippen molar-refractivity contribution in [1.82, 2.24) is 4.90 Å². The maximum Gasteiger partial charge on any atom is 0.326 e. The highest BCUT2D eigenvalue weighted by molar-refractivity contribution is 7.89. The summed E-state index contributed by atoms with van der Waals surface area (Å²) in [7, 11) is -3.75. The van der Waals surface area contributed by atoms with E-state index in [1.165, 1.54) is 0 Å². The molecule has 10 heteroatoms. The first-order valence-electron chi connectivity index (χ1n) is 5.84. The van der Waals surface area contributed by atoms with Crippen LogP contribution in [-0.2, 0) is 24.4 Å². The lowest BCUT2D eigenvalue weighted by Gasteiger charge is -2.24. The highest BCUT2D eigenvalue weighted by atomic mass is 32.2. The zero-order valence-electron chi connectivity index (χ0n) is 10.6. The van der Waals surface area contributed by atoms with E-state index in [9.17, 15) is 22.8 Å². The molecule has 0 aromatic heterocycles. The summed E-state index contributed by atoms with van der Waals surface area (Å²) in [5.41, 5.74) is 0. The van der Waals surface area contributed by atoms with E-state index < -0.39 is 45.6 Å². The van der Waals surface area contributed by atoms with Crippen LogP contribution in [0.3, 0.4) is 0 Å². The lowest BCUT2D eigenvalue weighted by molar-refractivity contribution is -0.149. The first-order valence-corrected chi connectivity index (χ1v) is 7.56. The second kappa shape index (κ2) is 6.18. The SMILES string of the molecule is NS(=O)(=O)CC1CC(=O)N(C(CCC(=O)O)C(=O)O)C1. The summed E-state index contributed by atoms with van der Waals surface area (Å²) in [6.45, 7) is -0.0498. The number of rotatable bonds is 7. The van der Waals surface area contributed by atoms with Gasteiger partial charge in [0.05, 0.1) is 5.75 Å². The predicted molar refractivity (Wildman–Crippen MR) is 66.1 cm³/mol. The Bertz CT molecular complexity index is 516. The molecule has 0 radical (unpaired) electrons. The fraction of sp³-hybridized carbons (Fsp3) is 0.700.